The third kappa shape index (κ3) is 6.51. The quantitative estimate of drug-likeness (QED) is 0.625. The van der Waals surface area contributed by atoms with E-state index in [9.17, 15) is 9.59 Å². The summed E-state index contributed by atoms with van der Waals surface area (Å²) in [5, 5.41) is 5.88. The zero-order valence-corrected chi connectivity index (χ0v) is 18.4. The van der Waals surface area contributed by atoms with E-state index in [4.69, 9.17) is 9.47 Å². The minimum Gasteiger partial charge on any atom is -0.497 e. The second kappa shape index (κ2) is 11.2. The molecule has 2 atom stereocenters. The van der Waals surface area contributed by atoms with Crippen molar-refractivity contribution in [1.82, 2.24) is 10.6 Å². The lowest BCUT2D eigenvalue weighted by atomic mass is 10.0. The van der Waals surface area contributed by atoms with Crippen LogP contribution in [0.25, 0.3) is 0 Å². The Morgan fingerprint density at radius 3 is 2.17 bits per heavy atom. The number of para-hydroxylation sites is 1. The van der Waals surface area contributed by atoms with Crippen LogP contribution in [-0.4, -0.2) is 38.1 Å². The summed E-state index contributed by atoms with van der Waals surface area (Å²) in [6, 6.07) is 14.2. The Morgan fingerprint density at radius 2 is 1.57 bits per heavy atom. The van der Waals surface area contributed by atoms with Gasteiger partial charge in [0, 0.05) is 6.04 Å². The van der Waals surface area contributed by atoms with E-state index in [1.807, 2.05) is 45.0 Å². The fourth-order valence-electron chi connectivity index (χ4n) is 3.17. The highest BCUT2D eigenvalue weighted by atomic mass is 16.5. The SMILES string of the molecule is COc1ccc(CCC(C)NC(=O)C(NC(=O)c2ccccc2OC)C(C)C)cc1. The zero-order chi connectivity index (χ0) is 22.1. The first kappa shape index (κ1) is 23.3. The number of aryl methyl sites for hydroxylation is 1. The Morgan fingerprint density at radius 1 is 0.900 bits per heavy atom. The van der Waals surface area contributed by atoms with Gasteiger partial charge in [0.2, 0.25) is 5.91 Å². The lowest BCUT2D eigenvalue weighted by Gasteiger charge is -2.24. The van der Waals surface area contributed by atoms with Crippen LogP contribution in [0.1, 0.15) is 43.1 Å². The molecule has 0 radical (unpaired) electrons. The van der Waals surface area contributed by atoms with Gasteiger partial charge in [-0.2, -0.15) is 0 Å². The van der Waals surface area contributed by atoms with Crippen LogP contribution in [0, 0.1) is 5.92 Å². The predicted molar refractivity (Wildman–Crippen MR) is 118 cm³/mol. The van der Waals surface area contributed by atoms with Crippen molar-refractivity contribution in [3.05, 3.63) is 59.7 Å². The number of carbonyl (C=O) groups excluding carboxylic acids is 2. The van der Waals surface area contributed by atoms with E-state index in [0.717, 1.165) is 18.6 Å². The monoisotopic (exact) mass is 412 g/mol. The summed E-state index contributed by atoms with van der Waals surface area (Å²) in [4.78, 5) is 25.5. The van der Waals surface area contributed by atoms with Crippen molar-refractivity contribution in [2.45, 2.75) is 45.7 Å². The van der Waals surface area contributed by atoms with Gasteiger partial charge in [-0.3, -0.25) is 9.59 Å². The van der Waals surface area contributed by atoms with Gasteiger partial charge in [0.05, 0.1) is 19.8 Å². The van der Waals surface area contributed by atoms with Crippen LogP contribution in [0.5, 0.6) is 11.5 Å². The fourth-order valence-corrected chi connectivity index (χ4v) is 3.17. The standard InChI is InChI=1S/C24H32N2O4/c1-16(2)22(26-23(27)20-8-6-7-9-21(20)30-5)24(28)25-17(3)10-11-18-12-14-19(29-4)15-13-18/h6-9,12-17,22H,10-11H2,1-5H3,(H,25,28)(H,26,27). The first-order valence-electron chi connectivity index (χ1n) is 10.2. The van der Waals surface area contributed by atoms with Crippen LogP contribution in [0.15, 0.2) is 48.5 Å². The molecule has 2 unspecified atom stereocenters. The van der Waals surface area contributed by atoms with Gasteiger partial charge in [0.1, 0.15) is 17.5 Å². The second-order valence-electron chi connectivity index (χ2n) is 7.69. The molecule has 6 heteroatoms. The molecule has 0 bridgehead atoms. The van der Waals surface area contributed by atoms with Gasteiger partial charge < -0.3 is 20.1 Å². The molecule has 0 aromatic heterocycles. The lowest BCUT2D eigenvalue weighted by molar-refractivity contribution is -0.124. The normalized spacial score (nSPS) is 12.7. The number of methoxy groups -OCH3 is 2. The molecule has 2 amide bonds. The number of amides is 2. The smallest absolute Gasteiger partial charge is 0.255 e. The largest absolute Gasteiger partial charge is 0.497 e. The van der Waals surface area contributed by atoms with Gasteiger partial charge in [0.25, 0.3) is 5.91 Å². The van der Waals surface area contributed by atoms with E-state index in [0.29, 0.717) is 11.3 Å². The molecule has 2 aromatic rings. The minimum atomic E-state index is -0.633. The maximum atomic E-state index is 12.8. The maximum absolute atomic E-state index is 12.8. The molecule has 162 valence electrons. The molecule has 0 spiro atoms. The van der Waals surface area contributed by atoms with Gasteiger partial charge in [0.15, 0.2) is 0 Å². The number of hydrogen-bond donors (Lipinski definition) is 2. The van der Waals surface area contributed by atoms with Gasteiger partial charge in [-0.25, -0.2) is 0 Å². The Kier molecular flexibility index (Phi) is 8.71. The van der Waals surface area contributed by atoms with Crippen molar-refractivity contribution in [2.75, 3.05) is 14.2 Å². The molecule has 30 heavy (non-hydrogen) atoms. The van der Waals surface area contributed by atoms with Gasteiger partial charge in [-0.15, -0.1) is 0 Å². The van der Waals surface area contributed by atoms with Crippen molar-refractivity contribution in [3.63, 3.8) is 0 Å². The third-order valence-corrected chi connectivity index (χ3v) is 5.00. The summed E-state index contributed by atoms with van der Waals surface area (Å²) in [5.74, 6) is 0.733. The Bertz CT molecular complexity index is 833. The molecular weight excluding hydrogens is 380 g/mol. The Labute approximate surface area is 179 Å². The van der Waals surface area contributed by atoms with Gasteiger partial charge in [-0.05, 0) is 55.5 Å². The number of ether oxygens (including phenoxy) is 2. The van der Waals surface area contributed by atoms with Crippen molar-refractivity contribution in [2.24, 2.45) is 5.92 Å². The zero-order valence-electron chi connectivity index (χ0n) is 18.4. The first-order valence-corrected chi connectivity index (χ1v) is 10.2. The lowest BCUT2D eigenvalue weighted by Crippen LogP contribution is -2.51. The topological polar surface area (TPSA) is 76.7 Å². The van der Waals surface area contributed by atoms with Crippen LogP contribution in [-0.2, 0) is 11.2 Å². The Hall–Kier alpha value is -3.02. The summed E-state index contributed by atoms with van der Waals surface area (Å²) >= 11 is 0. The highest BCUT2D eigenvalue weighted by molar-refractivity contribution is 5.99. The molecule has 0 aliphatic carbocycles. The van der Waals surface area contributed by atoms with Crippen LogP contribution < -0.4 is 20.1 Å². The van der Waals surface area contributed by atoms with Crippen molar-refractivity contribution in [3.8, 4) is 11.5 Å². The van der Waals surface area contributed by atoms with E-state index in [-0.39, 0.29) is 23.8 Å². The average molecular weight is 413 g/mol. The molecule has 0 heterocycles. The van der Waals surface area contributed by atoms with E-state index >= 15 is 0 Å². The van der Waals surface area contributed by atoms with Crippen LogP contribution in [0.2, 0.25) is 0 Å². The van der Waals surface area contributed by atoms with Crippen molar-refractivity contribution >= 4 is 11.8 Å². The van der Waals surface area contributed by atoms with Crippen molar-refractivity contribution < 1.29 is 19.1 Å². The predicted octanol–water partition coefficient (Wildman–Crippen LogP) is 3.60. The van der Waals surface area contributed by atoms with E-state index < -0.39 is 6.04 Å². The van der Waals surface area contributed by atoms with Gasteiger partial charge >= 0.3 is 0 Å². The number of carbonyl (C=O) groups is 2. The Balaban J connectivity index is 1.94. The summed E-state index contributed by atoms with van der Waals surface area (Å²) in [7, 11) is 3.16. The number of nitrogens with one attached hydrogen (secondary N) is 2. The van der Waals surface area contributed by atoms with E-state index in [2.05, 4.69) is 10.6 Å². The highest BCUT2D eigenvalue weighted by Gasteiger charge is 2.26. The maximum Gasteiger partial charge on any atom is 0.255 e. The second-order valence-corrected chi connectivity index (χ2v) is 7.69. The minimum absolute atomic E-state index is 0.0241. The summed E-state index contributed by atoms with van der Waals surface area (Å²) in [6.45, 7) is 5.80. The summed E-state index contributed by atoms with van der Waals surface area (Å²) in [5.41, 5.74) is 1.59. The highest BCUT2D eigenvalue weighted by Crippen LogP contribution is 2.18. The molecule has 0 fully saturated rings. The van der Waals surface area contributed by atoms with Crippen LogP contribution in [0.4, 0.5) is 0 Å². The van der Waals surface area contributed by atoms with E-state index in [1.54, 1.807) is 31.4 Å². The van der Waals surface area contributed by atoms with Crippen LogP contribution in [0.3, 0.4) is 0 Å². The molecule has 2 aromatic carbocycles. The molecule has 0 aliphatic heterocycles. The molecule has 2 rings (SSSR count). The first-order chi connectivity index (χ1) is 14.3. The molecule has 2 N–H and O–H groups in total. The average Bonchev–Trinajstić information content (AvgIpc) is 2.75. The molecule has 0 saturated heterocycles. The summed E-state index contributed by atoms with van der Waals surface area (Å²) < 4.78 is 10.4. The van der Waals surface area contributed by atoms with E-state index in [1.165, 1.54) is 12.7 Å². The van der Waals surface area contributed by atoms with Crippen molar-refractivity contribution in [1.29, 1.82) is 0 Å². The molecule has 6 nitrogen and oxygen atoms in total. The number of benzene rings is 2. The van der Waals surface area contributed by atoms with Gasteiger partial charge in [-0.1, -0.05) is 38.1 Å². The third-order valence-electron chi connectivity index (χ3n) is 5.00. The van der Waals surface area contributed by atoms with Crippen LogP contribution >= 0.6 is 0 Å². The number of rotatable bonds is 10. The fraction of sp³-hybridized carbons (Fsp3) is 0.417. The summed E-state index contributed by atoms with van der Waals surface area (Å²) in [6.07, 6.45) is 1.63. The molecule has 0 aliphatic rings. The molecular formula is C24H32N2O4. The molecule has 0 saturated carbocycles. The number of hydrogen-bond acceptors (Lipinski definition) is 4.